The number of benzene rings is 1. The maximum absolute atomic E-state index is 12.2. The van der Waals surface area contributed by atoms with Crippen LogP contribution in [0.15, 0.2) is 40.9 Å². The predicted octanol–water partition coefficient (Wildman–Crippen LogP) is 3.60. The van der Waals surface area contributed by atoms with E-state index in [0.717, 1.165) is 60.9 Å². The number of nitrogens with zero attached hydrogens (tertiary/aromatic N) is 2. The van der Waals surface area contributed by atoms with Crippen molar-refractivity contribution in [3.63, 3.8) is 0 Å². The van der Waals surface area contributed by atoms with Crippen LogP contribution in [0.4, 0.5) is 0 Å². The van der Waals surface area contributed by atoms with Crippen LogP contribution in [0.1, 0.15) is 25.0 Å². The third kappa shape index (κ3) is 5.76. The minimum atomic E-state index is 0. The smallest absolute Gasteiger partial charge is 0.240 e. The summed E-state index contributed by atoms with van der Waals surface area (Å²) in [6.45, 7) is 0.813. The van der Waals surface area contributed by atoms with E-state index in [0.29, 0.717) is 0 Å². The zero-order chi connectivity index (χ0) is 17.5. The number of aromatic nitrogens is 1. The van der Waals surface area contributed by atoms with Crippen LogP contribution in [-0.4, -0.2) is 47.2 Å². The number of likely N-dealkylation sites (N-methyl/N-ethyl adjacent to an activating group) is 1. The molecule has 1 aliphatic heterocycles. The van der Waals surface area contributed by atoms with E-state index in [1.54, 1.807) is 11.8 Å². The number of halogens is 1. The maximum atomic E-state index is 12.2. The van der Waals surface area contributed by atoms with Crippen molar-refractivity contribution >= 4 is 30.1 Å². The quantitative estimate of drug-likeness (QED) is 0.692. The topological polar surface area (TPSA) is 58.4 Å². The van der Waals surface area contributed by atoms with E-state index in [4.69, 9.17) is 4.52 Å². The lowest BCUT2D eigenvalue weighted by Gasteiger charge is -2.20. The molecular weight excluding hydrogens is 370 g/mol. The Balaban J connectivity index is 0.00000243. The van der Waals surface area contributed by atoms with Crippen molar-refractivity contribution in [3.05, 3.63) is 42.2 Å². The summed E-state index contributed by atoms with van der Waals surface area (Å²) in [6, 6.07) is 12.1. The average Bonchev–Trinajstić information content (AvgIpc) is 3.33. The van der Waals surface area contributed by atoms with Gasteiger partial charge in [0.15, 0.2) is 0 Å². The molecule has 0 aliphatic carbocycles. The molecule has 1 atom stereocenters. The van der Waals surface area contributed by atoms with Crippen LogP contribution in [0, 0.1) is 0 Å². The number of amides is 1. The third-order valence-corrected chi connectivity index (χ3v) is 5.38. The predicted molar refractivity (Wildman–Crippen MR) is 109 cm³/mol. The molecule has 26 heavy (non-hydrogen) atoms. The molecule has 1 saturated heterocycles. The second kappa shape index (κ2) is 10.6. The van der Waals surface area contributed by atoms with Gasteiger partial charge in [0.2, 0.25) is 5.91 Å². The van der Waals surface area contributed by atoms with Crippen LogP contribution in [0.25, 0.3) is 11.3 Å². The van der Waals surface area contributed by atoms with Gasteiger partial charge in [-0.15, -0.1) is 24.2 Å². The molecule has 0 saturated carbocycles. The lowest BCUT2D eigenvalue weighted by atomic mass is 10.1. The third-order valence-electron chi connectivity index (χ3n) is 4.44. The summed E-state index contributed by atoms with van der Waals surface area (Å²) in [5.41, 5.74) is 1.97. The number of rotatable bonds is 8. The molecule has 0 radical (unpaired) electrons. The van der Waals surface area contributed by atoms with E-state index < -0.39 is 0 Å². The molecule has 1 aromatic heterocycles. The molecule has 1 aliphatic rings. The first-order valence-corrected chi connectivity index (χ1v) is 9.96. The van der Waals surface area contributed by atoms with Gasteiger partial charge < -0.3 is 9.42 Å². The van der Waals surface area contributed by atoms with Gasteiger partial charge in [0.25, 0.3) is 0 Å². The van der Waals surface area contributed by atoms with Crippen molar-refractivity contribution in [2.75, 3.05) is 25.2 Å². The van der Waals surface area contributed by atoms with Crippen LogP contribution >= 0.6 is 24.2 Å². The molecule has 0 spiro atoms. The molecule has 1 N–H and O–H groups in total. The molecule has 3 rings (SSSR count). The molecule has 1 aromatic carbocycles. The van der Waals surface area contributed by atoms with E-state index in [1.165, 1.54) is 0 Å². The molecule has 7 heteroatoms. The Hall–Kier alpha value is -1.50. The maximum Gasteiger partial charge on any atom is 0.240 e. The van der Waals surface area contributed by atoms with E-state index in [2.05, 4.69) is 10.5 Å². The fraction of sp³-hybridized carbons (Fsp3) is 0.474. The summed E-state index contributed by atoms with van der Waals surface area (Å²) in [4.78, 5) is 14.0. The van der Waals surface area contributed by atoms with Gasteiger partial charge in [0, 0.05) is 43.3 Å². The van der Waals surface area contributed by atoms with E-state index >= 15 is 0 Å². The molecule has 0 bridgehead atoms. The van der Waals surface area contributed by atoms with Crippen molar-refractivity contribution in [1.82, 2.24) is 15.4 Å². The van der Waals surface area contributed by atoms with Gasteiger partial charge in [0.1, 0.15) is 11.5 Å². The van der Waals surface area contributed by atoms with Crippen LogP contribution < -0.4 is 5.32 Å². The van der Waals surface area contributed by atoms with Gasteiger partial charge in [-0.3, -0.25) is 10.1 Å². The second-order valence-electron chi connectivity index (χ2n) is 6.39. The molecule has 1 fully saturated rings. The number of unbranched alkanes of at least 4 members (excludes halogenated alkanes) is 2. The lowest BCUT2D eigenvalue weighted by molar-refractivity contribution is -0.131. The van der Waals surface area contributed by atoms with E-state index in [1.807, 2.05) is 48.3 Å². The van der Waals surface area contributed by atoms with Crippen LogP contribution in [-0.2, 0) is 11.2 Å². The highest BCUT2D eigenvalue weighted by Crippen LogP contribution is 2.19. The van der Waals surface area contributed by atoms with Gasteiger partial charge >= 0.3 is 0 Å². The van der Waals surface area contributed by atoms with E-state index in [9.17, 15) is 4.79 Å². The monoisotopic (exact) mass is 395 g/mol. The Morgan fingerprint density at radius 1 is 1.31 bits per heavy atom. The molecule has 2 heterocycles. The Morgan fingerprint density at radius 3 is 2.85 bits per heavy atom. The van der Waals surface area contributed by atoms with Crippen molar-refractivity contribution < 1.29 is 9.32 Å². The average molecular weight is 396 g/mol. The molecule has 5 nitrogen and oxygen atoms in total. The first kappa shape index (κ1) is 20.8. The first-order chi connectivity index (χ1) is 12.2. The van der Waals surface area contributed by atoms with Crippen LogP contribution in [0.5, 0.6) is 0 Å². The molecule has 1 amide bonds. The van der Waals surface area contributed by atoms with Gasteiger partial charge in [-0.25, -0.2) is 0 Å². The highest BCUT2D eigenvalue weighted by Gasteiger charge is 2.24. The Morgan fingerprint density at radius 2 is 2.12 bits per heavy atom. The number of aryl methyl sites for hydroxylation is 1. The molecule has 142 valence electrons. The molecule has 1 unspecified atom stereocenters. The summed E-state index contributed by atoms with van der Waals surface area (Å²) >= 11 is 1.78. The minimum absolute atomic E-state index is 0. The van der Waals surface area contributed by atoms with Gasteiger partial charge in [0.05, 0.1) is 6.04 Å². The van der Waals surface area contributed by atoms with Gasteiger partial charge in [-0.1, -0.05) is 41.9 Å². The van der Waals surface area contributed by atoms with Crippen molar-refractivity contribution in [1.29, 1.82) is 0 Å². The lowest BCUT2D eigenvalue weighted by Crippen LogP contribution is -2.43. The molecular formula is C19H26ClN3O2S. The number of nitrogens with one attached hydrogen (secondary N) is 1. The fourth-order valence-corrected chi connectivity index (χ4v) is 3.86. The summed E-state index contributed by atoms with van der Waals surface area (Å²) in [7, 11) is 1.90. The van der Waals surface area contributed by atoms with Crippen molar-refractivity contribution in [3.8, 4) is 11.3 Å². The number of carbonyl (C=O) groups is 1. The van der Waals surface area contributed by atoms with Crippen molar-refractivity contribution in [2.24, 2.45) is 0 Å². The standard InChI is InChI=1S/C19H25N3O2S.ClH/c1-22(19(23)18-13-25-14-20-18)11-7-3-6-10-16-12-17(21-24-16)15-8-4-2-5-9-15;/h2,4-5,8-9,12,18,20H,3,6-7,10-11,13-14H2,1H3;1H. The minimum Gasteiger partial charge on any atom is -0.361 e. The zero-order valence-corrected chi connectivity index (χ0v) is 16.7. The Bertz CT molecular complexity index is 674. The number of hydrogen-bond donors (Lipinski definition) is 1. The van der Waals surface area contributed by atoms with Crippen LogP contribution in [0.2, 0.25) is 0 Å². The zero-order valence-electron chi connectivity index (χ0n) is 15.0. The largest absolute Gasteiger partial charge is 0.361 e. The SMILES string of the molecule is CN(CCCCCc1cc(-c2ccccc2)no1)C(=O)C1CSCN1.Cl. The van der Waals surface area contributed by atoms with Crippen molar-refractivity contribution in [2.45, 2.75) is 31.7 Å². The summed E-state index contributed by atoms with van der Waals surface area (Å²) in [5.74, 6) is 2.91. The number of thioether (sulfide) groups is 1. The Labute approximate surface area is 165 Å². The number of hydrogen-bond acceptors (Lipinski definition) is 5. The highest BCUT2D eigenvalue weighted by molar-refractivity contribution is 7.99. The second-order valence-corrected chi connectivity index (χ2v) is 7.42. The summed E-state index contributed by atoms with van der Waals surface area (Å²) in [6.07, 6.45) is 4.02. The Kier molecular flexibility index (Phi) is 8.48. The summed E-state index contributed by atoms with van der Waals surface area (Å²) in [5, 5.41) is 7.37. The van der Waals surface area contributed by atoms with Crippen LogP contribution in [0.3, 0.4) is 0 Å². The fourth-order valence-electron chi connectivity index (χ4n) is 2.93. The number of carbonyl (C=O) groups excluding carboxylic acids is 1. The molecule has 2 aromatic rings. The highest BCUT2D eigenvalue weighted by atomic mass is 35.5. The summed E-state index contributed by atoms with van der Waals surface area (Å²) < 4.78 is 5.43. The van der Waals surface area contributed by atoms with Gasteiger partial charge in [-0.05, 0) is 12.8 Å². The first-order valence-electron chi connectivity index (χ1n) is 8.81. The normalized spacial score (nSPS) is 16.3. The van der Waals surface area contributed by atoms with Gasteiger partial charge in [-0.2, -0.15) is 0 Å². The van der Waals surface area contributed by atoms with E-state index in [-0.39, 0.29) is 24.4 Å².